The van der Waals surface area contributed by atoms with Crippen LogP contribution in [0.3, 0.4) is 0 Å². The molecule has 25 heavy (non-hydrogen) atoms. The van der Waals surface area contributed by atoms with Crippen molar-refractivity contribution in [1.82, 2.24) is 10.2 Å². The lowest BCUT2D eigenvalue weighted by Crippen LogP contribution is -1.98. The average Bonchev–Trinajstić information content (AvgIpc) is 2.68. The Kier molecular flexibility index (Phi) is 5.76. The van der Waals surface area contributed by atoms with Gasteiger partial charge in [-0.15, -0.1) is 10.2 Å². The molecule has 0 aliphatic heterocycles. The summed E-state index contributed by atoms with van der Waals surface area (Å²) in [6.07, 6.45) is 0.656. The number of nitrogens with zero attached hydrogens (tertiary/aromatic N) is 2. The Morgan fingerprint density at radius 1 is 0.800 bits per heavy atom. The van der Waals surface area contributed by atoms with Crippen molar-refractivity contribution in [2.45, 2.75) is 13.0 Å². The summed E-state index contributed by atoms with van der Waals surface area (Å²) < 4.78 is 5.60. The van der Waals surface area contributed by atoms with Crippen LogP contribution >= 0.6 is 0 Å². The van der Waals surface area contributed by atoms with E-state index in [0.717, 1.165) is 16.7 Å². The maximum atomic E-state index is 8.91. The third kappa shape index (κ3) is 5.17. The zero-order valence-corrected chi connectivity index (χ0v) is 13.7. The van der Waals surface area contributed by atoms with Crippen molar-refractivity contribution >= 4 is 0 Å². The zero-order chi connectivity index (χ0) is 17.3. The molecule has 0 aliphatic rings. The molecular formula is C21H18N2O2. The first-order chi connectivity index (χ1) is 12.3. The normalized spacial score (nSPS) is 9.96. The molecule has 4 nitrogen and oxygen atoms in total. The summed E-state index contributed by atoms with van der Waals surface area (Å²) in [5, 5.41) is 17.0. The summed E-state index contributed by atoms with van der Waals surface area (Å²) in [4.78, 5) is 0. The molecule has 0 fully saturated rings. The van der Waals surface area contributed by atoms with Gasteiger partial charge in [0.1, 0.15) is 12.3 Å². The highest BCUT2D eigenvalue weighted by molar-refractivity contribution is 5.41. The summed E-state index contributed by atoms with van der Waals surface area (Å²) in [5.74, 6) is 6.51. The molecule has 1 aromatic heterocycles. The Morgan fingerprint density at radius 3 is 2.28 bits per heavy atom. The zero-order valence-electron chi connectivity index (χ0n) is 13.7. The number of aliphatic hydroxyl groups is 1. The molecule has 124 valence electrons. The van der Waals surface area contributed by atoms with E-state index in [1.807, 2.05) is 54.6 Å². The van der Waals surface area contributed by atoms with E-state index in [1.54, 1.807) is 12.1 Å². The molecule has 0 saturated carbocycles. The van der Waals surface area contributed by atoms with Gasteiger partial charge in [0.05, 0.1) is 0 Å². The van der Waals surface area contributed by atoms with Gasteiger partial charge in [-0.05, 0) is 41.7 Å². The van der Waals surface area contributed by atoms with Crippen LogP contribution in [0.5, 0.6) is 5.88 Å². The fourth-order valence-electron chi connectivity index (χ4n) is 2.22. The third-order valence-electron chi connectivity index (χ3n) is 3.56. The van der Waals surface area contributed by atoms with Crippen molar-refractivity contribution in [3.05, 3.63) is 89.1 Å². The summed E-state index contributed by atoms with van der Waals surface area (Å²) >= 11 is 0. The molecule has 1 heterocycles. The lowest BCUT2D eigenvalue weighted by atomic mass is 10.1. The molecule has 0 radical (unpaired) electrons. The molecule has 0 atom stereocenters. The Hall–Kier alpha value is -3.16. The van der Waals surface area contributed by atoms with Crippen molar-refractivity contribution in [3.8, 4) is 17.7 Å². The molecular weight excluding hydrogens is 312 g/mol. The van der Waals surface area contributed by atoms with Gasteiger partial charge in [-0.1, -0.05) is 48.4 Å². The fourth-order valence-corrected chi connectivity index (χ4v) is 2.22. The maximum absolute atomic E-state index is 8.91. The van der Waals surface area contributed by atoms with Crippen LogP contribution in [-0.2, 0) is 13.0 Å². The van der Waals surface area contributed by atoms with E-state index in [9.17, 15) is 0 Å². The van der Waals surface area contributed by atoms with E-state index in [4.69, 9.17) is 9.84 Å². The van der Waals surface area contributed by atoms with Crippen LogP contribution in [-0.4, -0.2) is 21.9 Å². The molecule has 0 unspecified atom stereocenters. The highest BCUT2D eigenvalue weighted by Crippen LogP contribution is 2.09. The first kappa shape index (κ1) is 16.7. The highest BCUT2D eigenvalue weighted by Gasteiger charge is 1.98. The van der Waals surface area contributed by atoms with Gasteiger partial charge in [0.25, 0.3) is 0 Å². The monoisotopic (exact) mass is 330 g/mol. The van der Waals surface area contributed by atoms with Crippen molar-refractivity contribution in [1.29, 1.82) is 0 Å². The second-order valence-electron chi connectivity index (χ2n) is 5.45. The van der Waals surface area contributed by atoms with E-state index in [2.05, 4.69) is 22.0 Å². The largest absolute Gasteiger partial charge is 0.472 e. The summed E-state index contributed by atoms with van der Waals surface area (Å²) in [5.41, 5.74) is 3.66. The van der Waals surface area contributed by atoms with Crippen molar-refractivity contribution in [2.75, 3.05) is 6.61 Å². The van der Waals surface area contributed by atoms with Crippen LogP contribution < -0.4 is 4.74 Å². The molecule has 0 bridgehead atoms. The van der Waals surface area contributed by atoms with E-state index in [-0.39, 0.29) is 6.61 Å². The van der Waals surface area contributed by atoms with E-state index < -0.39 is 0 Å². The molecule has 0 aliphatic carbocycles. The quantitative estimate of drug-likeness (QED) is 0.731. The number of aromatic nitrogens is 2. The van der Waals surface area contributed by atoms with Crippen LogP contribution in [0.2, 0.25) is 0 Å². The minimum Gasteiger partial charge on any atom is -0.472 e. The molecule has 0 amide bonds. The Labute approximate surface area is 147 Å². The number of aliphatic hydroxyl groups excluding tert-OH is 1. The molecule has 2 aromatic carbocycles. The second-order valence-corrected chi connectivity index (χ2v) is 5.45. The van der Waals surface area contributed by atoms with Crippen molar-refractivity contribution in [2.24, 2.45) is 0 Å². The standard InChI is InChI=1S/C21H18N2O2/c24-15-14-18-8-6-17(7-9-18)10-11-20-12-13-21(23-22-20)25-16-19-4-2-1-3-5-19/h1-9,12-13,24H,14-16H2. The first-order valence-corrected chi connectivity index (χ1v) is 8.06. The molecule has 4 heteroatoms. The lowest BCUT2D eigenvalue weighted by molar-refractivity contribution is 0.290. The Morgan fingerprint density at radius 2 is 1.60 bits per heavy atom. The number of hydrogen-bond acceptors (Lipinski definition) is 4. The molecule has 1 N–H and O–H groups in total. The Balaban J connectivity index is 1.59. The SMILES string of the molecule is OCCc1ccc(C#Cc2ccc(OCc3ccccc3)nn2)cc1. The molecule has 0 saturated heterocycles. The van der Waals surface area contributed by atoms with Gasteiger partial charge in [0, 0.05) is 18.2 Å². The number of hydrogen-bond donors (Lipinski definition) is 1. The van der Waals surface area contributed by atoms with Crippen LogP contribution in [0.25, 0.3) is 0 Å². The fraction of sp³-hybridized carbons (Fsp3) is 0.143. The number of rotatable bonds is 5. The number of benzene rings is 2. The summed E-state index contributed by atoms with van der Waals surface area (Å²) in [6.45, 7) is 0.611. The van der Waals surface area contributed by atoms with Crippen LogP contribution in [0, 0.1) is 11.8 Å². The first-order valence-electron chi connectivity index (χ1n) is 8.06. The third-order valence-corrected chi connectivity index (χ3v) is 3.56. The Bertz CT molecular complexity index is 848. The molecule has 0 spiro atoms. The maximum Gasteiger partial charge on any atom is 0.233 e. The van der Waals surface area contributed by atoms with Gasteiger partial charge in [0.15, 0.2) is 0 Å². The van der Waals surface area contributed by atoms with Gasteiger partial charge in [0.2, 0.25) is 5.88 Å². The summed E-state index contributed by atoms with van der Waals surface area (Å²) in [7, 11) is 0. The second kappa shape index (κ2) is 8.62. The smallest absolute Gasteiger partial charge is 0.233 e. The molecule has 3 rings (SSSR count). The van der Waals surface area contributed by atoms with Gasteiger partial charge < -0.3 is 9.84 Å². The van der Waals surface area contributed by atoms with Crippen molar-refractivity contribution in [3.63, 3.8) is 0 Å². The van der Waals surface area contributed by atoms with E-state index in [0.29, 0.717) is 24.6 Å². The summed E-state index contributed by atoms with van der Waals surface area (Å²) in [6, 6.07) is 21.3. The van der Waals surface area contributed by atoms with Gasteiger partial charge >= 0.3 is 0 Å². The minimum absolute atomic E-state index is 0.152. The van der Waals surface area contributed by atoms with E-state index in [1.165, 1.54) is 0 Å². The van der Waals surface area contributed by atoms with Crippen LogP contribution in [0.15, 0.2) is 66.7 Å². The lowest BCUT2D eigenvalue weighted by Gasteiger charge is -2.04. The minimum atomic E-state index is 0.152. The van der Waals surface area contributed by atoms with Gasteiger partial charge in [-0.2, -0.15) is 0 Å². The van der Waals surface area contributed by atoms with Gasteiger partial charge in [-0.25, -0.2) is 0 Å². The predicted molar refractivity (Wildman–Crippen MR) is 96.0 cm³/mol. The van der Waals surface area contributed by atoms with Crippen molar-refractivity contribution < 1.29 is 9.84 Å². The predicted octanol–water partition coefficient (Wildman–Crippen LogP) is 2.99. The number of ether oxygens (including phenoxy) is 1. The average molecular weight is 330 g/mol. The van der Waals surface area contributed by atoms with Crippen LogP contribution in [0.4, 0.5) is 0 Å². The highest BCUT2D eigenvalue weighted by atomic mass is 16.5. The molecule has 3 aromatic rings. The van der Waals surface area contributed by atoms with Gasteiger partial charge in [-0.3, -0.25) is 0 Å². The van der Waals surface area contributed by atoms with E-state index >= 15 is 0 Å². The topological polar surface area (TPSA) is 55.2 Å². The van der Waals surface area contributed by atoms with Crippen LogP contribution in [0.1, 0.15) is 22.4 Å².